The van der Waals surface area contributed by atoms with Gasteiger partial charge in [-0.2, -0.15) is 0 Å². The normalized spacial score (nSPS) is 6.62. The quantitative estimate of drug-likeness (QED) is 0.295. The Morgan fingerprint density at radius 2 is 1.00 bits per heavy atom. The Balaban J connectivity index is -0.000000101. The van der Waals surface area contributed by atoms with Crippen LogP contribution in [-0.2, 0) is 19.1 Å². The zero-order valence-corrected chi connectivity index (χ0v) is 6.11. The van der Waals surface area contributed by atoms with Crippen LogP contribution < -0.4 is 11.5 Å². The number of nitrogens with two attached hydrogens (primary N) is 2. The number of hydrogen-bond acceptors (Lipinski definition) is 7. The summed E-state index contributed by atoms with van der Waals surface area (Å²) in [5, 5.41) is 0. The number of rotatable bonds is 2. The molecule has 0 spiro atoms. The molecule has 0 aromatic heterocycles. The van der Waals surface area contributed by atoms with Gasteiger partial charge in [-0.3, -0.25) is 9.59 Å². The molecule has 0 aromatic carbocycles. The Kier molecular flexibility index (Phi) is 38.6. The van der Waals surface area contributed by atoms with Gasteiger partial charge in [0.05, 0.1) is 13.1 Å². The monoisotopic (exact) mass is 272 g/mol. The number of hydrogen-bond donors (Lipinski definition) is 2. The van der Waals surface area contributed by atoms with Gasteiger partial charge in [0.1, 0.15) is 0 Å². The molecule has 0 saturated carbocycles. The molecule has 0 aliphatic heterocycles. The van der Waals surface area contributed by atoms with Crippen LogP contribution in [0.2, 0.25) is 0 Å². The maximum atomic E-state index is 10.4. The minimum absolute atomic E-state index is 0. The van der Waals surface area contributed by atoms with Crippen LogP contribution >= 0.6 is 0 Å². The summed E-state index contributed by atoms with van der Waals surface area (Å²) in [5.74, 6) is -1.96. The Morgan fingerprint density at radius 1 is 0.750 bits per heavy atom. The molecule has 7 nitrogen and oxygen atoms in total. The molecule has 16 heavy (non-hydrogen) atoms. The molecule has 0 unspecified atom stereocenters. The standard InChI is InChI=1S/C5H8N2O5.4Na.4H/c6-1-3(8)11-5(10)12-4(9)2-7;;;;;;;;/h1-2,6-7H2;;;;;;;;. The molecule has 0 aliphatic carbocycles. The predicted molar refractivity (Wildman–Crippen MR) is 64.3 cm³/mol. The zero-order valence-electron chi connectivity index (χ0n) is 6.11. The van der Waals surface area contributed by atoms with E-state index in [1.807, 2.05) is 0 Å². The fourth-order valence-electron chi connectivity index (χ4n) is 0.290. The van der Waals surface area contributed by atoms with Crippen LogP contribution in [0.25, 0.3) is 0 Å². The molecule has 0 aromatic rings. The molecule has 76 valence electrons. The van der Waals surface area contributed by atoms with Gasteiger partial charge in [-0.1, -0.05) is 0 Å². The van der Waals surface area contributed by atoms with Crippen LogP contribution in [0.3, 0.4) is 0 Å². The summed E-state index contributed by atoms with van der Waals surface area (Å²) in [4.78, 5) is 31.0. The van der Waals surface area contributed by atoms with Gasteiger partial charge >= 0.3 is 136 Å². The molecule has 0 heterocycles. The van der Waals surface area contributed by atoms with Crippen molar-refractivity contribution in [3.63, 3.8) is 0 Å². The Labute approximate surface area is 181 Å². The fourth-order valence-corrected chi connectivity index (χ4v) is 0.290. The van der Waals surface area contributed by atoms with Crippen LogP contribution in [0.15, 0.2) is 0 Å². The van der Waals surface area contributed by atoms with E-state index in [2.05, 4.69) is 9.47 Å². The number of esters is 2. The van der Waals surface area contributed by atoms with Crippen molar-refractivity contribution in [3.8, 4) is 0 Å². The van der Waals surface area contributed by atoms with Crippen molar-refractivity contribution in [1.29, 1.82) is 0 Å². The first-order valence-corrected chi connectivity index (χ1v) is 2.95. The van der Waals surface area contributed by atoms with Crippen molar-refractivity contribution in [2.75, 3.05) is 13.1 Å². The third-order valence-corrected chi connectivity index (χ3v) is 0.728. The first kappa shape index (κ1) is 31.1. The Morgan fingerprint density at radius 3 is 1.19 bits per heavy atom. The summed E-state index contributed by atoms with van der Waals surface area (Å²) in [6, 6.07) is 0. The second-order valence-corrected chi connectivity index (χ2v) is 1.61. The van der Waals surface area contributed by atoms with E-state index in [0.29, 0.717) is 0 Å². The molecular formula is C5H12N2Na4O5. The predicted octanol–water partition coefficient (Wildman–Crippen LogP) is -4.48. The molecule has 0 aliphatic rings. The number of carbonyl (C=O) groups excluding carboxylic acids is 3. The van der Waals surface area contributed by atoms with Crippen molar-refractivity contribution in [1.82, 2.24) is 0 Å². The van der Waals surface area contributed by atoms with Gasteiger partial charge in [0.2, 0.25) is 0 Å². The molecular weight excluding hydrogens is 260 g/mol. The summed E-state index contributed by atoms with van der Waals surface area (Å²) in [5.41, 5.74) is 9.58. The Hall–Kier alpha value is 2.53. The summed E-state index contributed by atoms with van der Waals surface area (Å²) in [6.45, 7) is -0.933. The molecule has 0 atom stereocenters. The molecule has 0 fully saturated rings. The zero-order chi connectivity index (χ0) is 9.56. The maximum absolute atomic E-state index is 10.4. The minimum atomic E-state index is -1.42. The summed E-state index contributed by atoms with van der Waals surface area (Å²) >= 11 is 0. The van der Waals surface area contributed by atoms with Crippen molar-refractivity contribution in [3.05, 3.63) is 0 Å². The summed E-state index contributed by atoms with van der Waals surface area (Å²) < 4.78 is 7.74. The van der Waals surface area contributed by atoms with E-state index in [-0.39, 0.29) is 118 Å². The van der Waals surface area contributed by atoms with Gasteiger partial charge in [-0.25, -0.2) is 4.79 Å². The topological polar surface area (TPSA) is 122 Å². The molecule has 0 radical (unpaired) electrons. The third kappa shape index (κ3) is 18.9. The molecule has 11 heteroatoms. The molecule has 0 rings (SSSR count). The van der Waals surface area contributed by atoms with Crippen LogP contribution in [0.4, 0.5) is 4.79 Å². The average molecular weight is 272 g/mol. The van der Waals surface area contributed by atoms with Crippen molar-refractivity contribution < 1.29 is 23.9 Å². The summed E-state index contributed by atoms with van der Waals surface area (Å²) in [7, 11) is 0. The molecule has 4 N–H and O–H groups in total. The van der Waals surface area contributed by atoms with Gasteiger partial charge in [0, 0.05) is 0 Å². The first-order chi connectivity index (χ1) is 5.60. The average Bonchev–Trinajstić information content (AvgIpc) is 2.03. The van der Waals surface area contributed by atoms with Gasteiger partial charge in [-0.05, 0) is 0 Å². The Bertz CT molecular complexity index is 195. The fraction of sp³-hybridized carbons (Fsp3) is 0.400. The van der Waals surface area contributed by atoms with Crippen LogP contribution in [0, 0.1) is 0 Å². The third-order valence-electron chi connectivity index (χ3n) is 0.728. The van der Waals surface area contributed by atoms with Crippen molar-refractivity contribution in [2.45, 2.75) is 0 Å². The van der Waals surface area contributed by atoms with E-state index < -0.39 is 31.2 Å². The second kappa shape index (κ2) is 19.9. The van der Waals surface area contributed by atoms with E-state index in [4.69, 9.17) is 11.5 Å². The van der Waals surface area contributed by atoms with E-state index in [9.17, 15) is 14.4 Å². The molecule has 0 amide bonds. The van der Waals surface area contributed by atoms with Gasteiger partial charge < -0.3 is 20.9 Å². The van der Waals surface area contributed by atoms with E-state index >= 15 is 0 Å². The van der Waals surface area contributed by atoms with Crippen LogP contribution in [0.1, 0.15) is 0 Å². The van der Waals surface area contributed by atoms with Crippen molar-refractivity contribution >= 4 is 136 Å². The second-order valence-electron chi connectivity index (χ2n) is 1.61. The molecule has 0 bridgehead atoms. The SMILES string of the molecule is NCC(=O)OC(=O)OC(=O)CN.[NaH].[NaH].[NaH].[NaH]. The van der Waals surface area contributed by atoms with E-state index in [0.717, 1.165) is 0 Å². The number of ether oxygens (including phenoxy) is 2. The van der Waals surface area contributed by atoms with E-state index in [1.54, 1.807) is 0 Å². The van der Waals surface area contributed by atoms with Gasteiger partial charge in [0.15, 0.2) is 0 Å². The first-order valence-electron chi connectivity index (χ1n) is 2.95. The van der Waals surface area contributed by atoms with Crippen LogP contribution in [-0.4, -0.2) is 149 Å². The summed E-state index contributed by atoms with van der Waals surface area (Å²) in [6.07, 6.45) is -1.42. The van der Waals surface area contributed by atoms with Crippen LogP contribution in [0.5, 0.6) is 0 Å². The molecule has 0 saturated heterocycles. The van der Waals surface area contributed by atoms with Crippen molar-refractivity contribution in [2.24, 2.45) is 11.5 Å². The van der Waals surface area contributed by atoms with E-state index in [1.165, 1.54) is 0 Å². The van der Waals surface area contributed by atoms with Gasteiger partial charge in [-0.15, -0.1) is 0 Å². The van der Waals surface area contributed by atoms with Gasteiger partial charge in [0.25, 0.3) is 0 Å². The number of carbonyl (C=O) groups is 3.